The number of hydrazone groups is 1. The SMILES string of the molecule is COc1cc(/C=N\NC(=O)c2cc(Br)ccc2OC)c([N+](=O)[O-])cc1OC. The van der Waals surface area contributed by atoms with Crippen molar-refractivity contribution in [1.29, 1.82) is 0 Å². The lowest BCUT2D eigenvalue weighted by molar-refractivity contribution is -0.385. The Labute approximate surface area is 163 Å². The quantitative estimate of drug-likeness (QED) is 0.404. The summed E-state index contributed by atoms with van der Waals surface area (Å²) in [7, 11) is 4.23. The Hall–Kier alpha value is -3.14. The summed E-state index contributed by atoms with van der Waals surface area (Å²) in [5.74, 6) is 0.337. The molecule has 27 heavy (non-hydrogen) atoms. The van der Waals surface area contributed by atoms with Crippen molar-refractivity contribution in [2.75, 3.05) is 21.3 Å². The lowest BCUT2D eigenvalue weighted by atomic mass is 10.1. The van der Waals surface area contributed by atoms with Crippen LogP contribution in [0.15, 0.2) is 39.9 Å². The molecule has 2 aromatic carbocycles. The number of carbonyl (C=O) groups is 1. The van der Waals surface area contributed by atoms with E-state index in [0.717, 1.165) is 6.21 Å². The van der Waals surface area contributed by atoms with Crippen molar-refractivity contribution in [2.24, 2.45) is 5.10 Å². The first-order valence-corrected chi connectivity index (χ1v) is 8.28. The highest BCUT2D eigenvalue weighted by Crippen LogP contribution is 2.33. The number of hydrogen-bond donors (Lipinski definition) is 1. The summed E-state index contributed by atoms with van der Waals surface area (Å²) in [5, 5.41) is 15.1. The molecule has 0 aliphatic carbocycles. The zero-order valence-corrected chi connectivity index (χ0v) is 16.3. The van der Waals surface area contributed by atoms with Gasteiger partial charge in [0, 0.05) is 4.47 Å². The summed E-state index contributed by atoms with van der Waals surface area (Å²) in [5.41, 5.74) is 2.47. The van der Waals surface area contributed by atoms with Gasteiger partial charge in [-0.25, -0.2) is 5.43 Å². The van der Waals surface area contributed by atoms with Crippen LogP contribution < -0.4 is 19.6 Å². The van der Waals surface area contributed by atoms with Crippen LogP contribution in [-0.4, -0.2) is 38.4 Å². The molecule has 0 heterocycles. The van der Waals surface area contributed by atoms with Gasteiger partial charge in [0.1, 0.15) is 5.75 Å². The molecule has 142 valence electrons. The predicted molar refractivity (Wildman–Crippen MR) is 102 cm³/mol. The van der Waals surface area contributed by atoms with E-state index in [1.54, 1.807) is 18.2 Å². The Bertz CT molecular complexity index is 900. The second-order valence-corrected chi connectivity index (χ2v) is 5.98. The summed E-state index contributed by atoms with van der Waals surface area (Å²) in [4.78, 5) is 23.0. The van der Waals surface area contributed by atoms with Gasteiger partial charge < -0.3 is 14.2 Å². The van der Waals surface area contributed by atoms with Crippen LogP contribution in [0.2, 0.25) is 0 Å². The van der Waals surface area contributed by atoms with Crippen LogP contribution >= 0.6 is 15.9 Å². The van der Waals surface area contributed by atoms with Crippen LogP contribution in [0.1, 0.15) is 15.9 Å². The molecule has 2 rings (SSSR count). The Morgan fingerprint density at radius 3 is 2.33 bits per heavy atom. The molecule has 0 radical (unpaired) electrons. The molecule has 9 nitrogen and oxygen atoms in total. The lowest BCUT2D eigenvalue weighted by Crippen LogP contribution is -2.18. The second-order valence-electron chi connectivity index (χ2n) is 5.07. The van der Waals surface area contributed by atoms with E-state index in [-0.39, 0.29) is 22.6 Å². The molecule has 10 heteroatoms. The molecular weight excluding hydrogens is 422 g/mol. The molecule has 0 aromatic heterocycles. The van der Waals surface area contributed by atoms with Gasteiger partial charge in [-0.05, 0) is 24.3 Å². The molecule has 0 spiro atoms. The molecule has 0 fully saturated rings. The van der Waals surface area contributed by atoms with Crippen molar-refractivity contribution in [3.05, 3.63) is 56.0 Å². The molecule has 0 unspecified atom stereocenters. The third kappa shape index (κ3) is 4.73. The van der Waals surface area contributed by atoms with E-state index in [1.807, 2.05) is 0 Å². The Morgan fingerprint density at radius 2 is 1.74 bits per heavy atom. The third-order valence-corrected chi connectivity index (χ3v) is 4.00. The summed E-state index contributed by atoms with van der Waals surface area (Å²) in [6, 6.07) is 7.54. The van der Waals surface area contributed by atoms with E-state index >= 15 is 0 Å². The predicted octanol–water partition coefficient (Wildman–Crippen LogP) is 3.15. The summed E-state index contributed by atoms with van der Waals surface area (Å²) >= 11 is 3.28. The normalized spacial score (nSPS) is 10.5. The summed E-state index contributed by atoms with van der Waals surface area (Å²) in [6.07, 6.45) is 1.16. The molecule has 0 bridgehead atoms. The molecule has 1 amide bonds. The van der Waals surface area contributed by atoms with Crippen LogP contribution in [0.25, 0.3) is 0 Å². The number of rotatable bonds is 7. The van der Waals surface area contributed by atoms with Crippen molar-refractivity contribution in [2.45, 2.75) is 0 Å². The van der Waals surface area contributed by atoms with Crippen molar-refractivity contribution in [3.63, 3.8) is 0 Å². The van der Waals surface area contributed by atoms with E-state index in [2.05, 4.69) is 26.5 Å². The molecule has 0 saturated heterocycles. The molecule has 0 saturated carbocycles. The van der Waals surface area contributed by atoms with Crippen molar-refractivity contribution in [3.8, 4) is 17.2 Å². The maximum atomic E-state index is 12.3. The van der Waals surface area contributed by atoms with Gasteiger partial charge in [0.25, 0.3) is 11.6 Å². The van der Waals surface area contributed by atoms with Crippen LogP contribution in [0.4, 0.5) is 5.69 Å². The molecule has 0 atom stereocenters. The van der Waals surface area contributed by atoms with Crippen LogP contribution in [0.3, 0.4) is 0 Å². The lowest BCUT2D eigenvalue weighted by Gasteiger charge is -2.09. The second kappa shape index (κ2) is 8.99. The van der Waals surface area contributed by atoms with Gasteiger partial charge >= 0.3 is 0 Å². The first-order valence-electron chi connectivity index (χ1n) is 7.48. The number of benzene rings is 2. The number of halogens is 1. The minimum atomic E-state index is -0.581. The summed E-state index contributed by atoms with van der Waals surface area (Å²) < 4.78 is 16.0. The van der Waals surface area contributed by atoms with E-state index < -0.39 is 10.8 Å². The van der Waals surface area contributed by atoms with Gasteiger partial charge in [0.15, 0.2) is 11.5 Å². The maximum absolute atomic E-state index is 12.3. The number of carbonyl (C=O) groups excluding carboxylic acids is 1. The van der Waals surface area contributed by atoms with Crippen molar-refractivity contribution >= 4 is 33.7 Å². The zero-order chi connectivity index (χ0) is 20.0. The fourth-order valence-corrected chi connectivity index (χ4v) is 2.58. The fraction of sp³-hybridized carbons (Fsp3) is 0.176. The van der Waals surface area contributed by atoms with Crippen molar-refractivity contribution in [1.82, 2.24) is 5.43 Å². The average Bonchev–Trinajstić information content (AvgIpc) is 2.67. The van der Waals surface area contributed by atoms with Crippen LogP contribution in [-0.2, 0) is 0 Å². The molecule has 0 aliphatic heterocycles. The van der Waals surface area contributed by atoms with Gasteiger partial charge in [-0.15, -0.1) is 0 Å². The topological polar surface area (TPSA) is 112 Å². The zero-order valence-electron chi connectivity index (χ0n) is 14.7. The number of nitro groups is 1. The van der Waals surface area contributed by atoms with E-state index in [9.17, 15) is 14.9 Å². The van der Waals surface area contributed by atoms with Crippen molar-refractivity contribution < 1.29 is 23.9 Å². The smallest absolute Gasteiger partial charge is 0.282 e. The number of ether oxygens (including phenoxy) is 3. The van der Waals surface area contributed by atoms with Gasteiger partial charge in [0.2, 0.25) is 0 Å². The van der Waals surface area contributed by atoms with Crippen LogP contribution in [0, 0.1) is 10.1 Å². The highest BCUT2D eigenvalue weighted by Gasteiger charge is 2.18. The standard InChI is InChI=1S/C17H16BrN3O6/c1-25-14-5-4-11(18)7-12(14)17(22)20-19-9-10-6-15(26-2)16(27-3)8-13(10)21(23)24/h4-9H,1-3H3,(H,20,22)/b19-9-. The Morgan fingerprint density at radius 1 is 1.11 bits per heavy atom. The monoisotopic (exact) mass is 437 g/mol. The van der Waals surface area contributed by atoms with Gasteiger partial charge in [0.05, 0.1) is 49.7 Å². The number of hydrogen-bond acceptors (Lipinski definition) is 7. The number of methoxy groups -OCH3 is 3. The van der Waals surface area contributed by atoms with Gasteiger partial charge in [-0.1, -0.05) is 15.9 Å². The first kappa shape index (κ1) is 20.2. The minimum Gasteiger partial charge on any atom is -0.496 e. The Balaban J connectivity index is 2.29. The molecular formula is C17H16BrN3O6. The van der Waals surface area contributed by atoms with E-state index in [1.165, 1.54) is 33.5 Å². The Kier molecular flexibility index (Phi) is 6.72. The number of nitrogens with zero attached hydrogens (tertiary/aromatic N) is 2. The molecule has 2 aromatic rings. The highest BCUT2D eigenvalue weighted by molar-refractivity contribution is 9.10. The van der Waals surface area contributed by atoms with Gasteiger partial charge in [-0.3, -0.25) is 14.9 Å². The third-order valence-electron chi connectivity index (χ3n) is 3.51. The summed E-state index contributed by atoms with van der Waals surface area (Å²) in [6.45, 7) is 0. The number of amides is 1. The largest absolute Gasteiger partial charge is 0.496 e. The minimum absolute atomic E-state index is 0.138. The first-order chi connectivity index (χ1) is 12.9. The van der Waals surface area contributed by atoms with Crippen LogP contribution in [0.5, 0.6) is 17.2 Å². The maximum Gasteiger partial charge on any atom is 0.282 e. The molecule has 1 N–H and O–H groups in total. The van der Waals surface area contributed by atoms with Gasteiger partial charge in [-0.2, -0.15) is 5.10 Å². The van der Waals surface area contributed by atoms with E-state index in [0.29, 0.717) is 16.0 Å². The average molecular weight is 438 g/mol. The number of nitrogens with one attached hydrogen (secondary N) is 1. The van der Waals surface area contributed by atoms with E-state index in [4.69, 9.17) is 14.2 Å². The highest BCUT2D eigenvalue weighted by atomic mass is 79.9. The number of nitro benzene ring substituents is 1. The fourth-order valence-electron chi connectivity index (χ4n) is 2.22. The molecule has 0 aliphatic rings.